The maximum absolute atomic E-state index is 11.7. The van der Waals surface area contributed by atoms with Gasteiger partial charge in [0.25, 0.3) is 0 Å². The molecule has 2 rings (SSSR count). The van der Waals surface area contributed by atoms with E-state index >= 15 is 0 Å². The first-order valence-electron chi connectivity index (χ1n) is 9.06. The van der Waals surface area contributed by atoms with E-state index < -0.39 is 5.97 Å². The molecule has 0 saturated heterocycles. The van der Waals surface area contributed by atoms with Gasteiger partial charge in [-0.2, -0.15) is 0 Å². The van der Waals surface area contributed by atoms with E-state index in [4.69, 9.17) is 18.6 Å². The van der Waals surface area contributed by atoms with Crippen molar-refractivity contribution in [3.05, 3.63) is 41.3 Å². The minimum absolute atomic E-state index is 0. The van der Waals surface area contributed by atoms with Gasteiger partial charge in [0.15, 0.2) is 17.5 Å². The van der Waals surface area contributed by atoms with Crippen molar-refractivity contribution in [2.24, 2.45) is 4.99 Å². The van der Waals surface area contributed by atoms with Crippen LogP contribution in [0, 0.1) is 6.92 Å². The van der Waals surface area contributed by atoms with Crippen LogP contribution in [0.25, 0.3) is 0 Å². The van der Waals surface area contributed by atoms with Crippen LogP contribution in [0.3, 0.4) is 0 Å². The number of esters is 1. The SMILES string of the molecule is CCNC(=NCc1cc(C(=O)OC)c(C)o1)Nc1ccc(OC)c(OCC)c1.I. The highest BCUT2D eigenvalue weighted by Gasteiger charge is 2.15. The average Bonchev–Trinajstić information content (AvgIpc) is 3.07. The molecule has 0 bridgehead atoms. The Bertz CT molecular complexity index is 836. The van der Waals surface area contributed by atoms with Gasteiger partial charge in [0.05, 0.1) is 20.8 Å². The van der Waals surface area contributed by atoms with Crippen LogP contribution >= 0.6 is 24.0 Å². The summed E-state index contributed by atoms with van der Waals surface area (Å²) in [6.07, 6.45) is 0. The Labute approximate surface area is 188 Å². The molecule has 0 unspecified atom stereocenters. The van der Waals surface area contributed by atoms with Crippen LogP contribution in [-0.4, -0.2) is 39.3 Å². The number of hydrogen-bond acceptors (Lipinski definition) is 6. The summed E-state index contributed by atoms with van der Waals surface area (Å²) >= 11 is 0. The van der Waals surface area contributed by atoms with Crippen LogP contribution in [0.2, 0.25) is 0 Å². The molecule has 0 saturated carbocycles. The second-order valence-electron chi connectivity index (χ2n) is 5.79. The minimum atomic E-state index is -0.428. The number of benzene rings is 1. The molecule has 0 atom stereocenters. The van der Waals surface area contributed by atoms with E-state index in [0.717, 1.165) is 5.69 Å². The molecular formula is C20H28IN3O5. The summed E-state index contributed by atoms with van der Waals surface area (Å²) in [7, 11) is 2.94. The van der Waals surface area contributed by atoms with Gasteiger partial charge in [0.2, 0.25) is 0 Å². The molecule has 8 nitrogen and oxygen atoms in total. The van der Waals surface area contributed by atoms with E-state index in [1.165, 1.54) is 7.11 Å². The monoisotopic (exact) mass is 517 g/mol. The number of aliphatic imine (C=N–C) groups is 1. The van der Waals surface area contributed by atoms with Gasteiger partial charge < -0.3 is 29.3 Å². The standard InChI is InChI=1S/C20H27N3O5.HI/c1-6-21-20(22-12-15-11-16(13(3)28-15)19(24)26-5)23-14-8-9-17(25-4)18(10-14)27-7-2;/h8-11H,6-7,12H2,1-5H3,(H2,21,22,23);1H. The number of rotatable bonds is 8. The van der Waals surface area contributed by atoms with E-state index in [2.05, 4.69) is 15.6 Å². The molecule has 0 aliphatic heterocycles. The molecule has 0 radical (unpaired) electrons. The second kappa shape index (κ2) is 12.2. The van der Waals surface area contributed by atoms with Gasteiger partial charge in [0.1, 0.15) is 23.6 Å². The van der Waals surface area contributed by atoms with Gasteiger partial charge >= 0.3 is 5.97 Å². The van der Waals surface area contributed by atoms with Crippen molar-refractivity contribution in [3.63, 3.8) is 0 Å². The van der Waals surface area contributed by atoms with E-state index in [1.807, 2.05) is 32.0 Å². The summed E-state index contributed by atoms with van der Waals surface area (Å²) in [5, 5.41) is 6.40. The first-order valence-corrected chi connectivity index (χ1v) is 9.06. The van der Waals surface area contributed by atoms with Crippen molar-refractivity contribution in [1.82, 2.24) is 5.32 Å². The van der Waals surface area contributed by atoms with Crippen LogP contribution in [0.1, 0.15) is 35.7 Å². The summed E-state index contributed by atoms with van der Waals surface area (Å²) < 4.78 is 21.2. The number of aryl methyl sites for hydroxylation is 1. The maximum atomic E-state index is 11.7. The highest BCUT2D eigenvalue weighted by atomic mass is 127. The van der Waals surface area contributed by atoms with Crippen LogP contribution in [-0.2, 0) is 11.3 Å². The lowest BCUT2D eigenvalue weighted by Gasteiger charge is -2.14. The zero-order valence-electron chi connectivity index (χ0n) is 17.3. The van der Waals surface area contributed by atoms with Gasteiger partial charge in [-0.05, 0) is 39.0 Å². The van der Waals surface area contributed by atoms with Crippen LogP contribution in [0.15, 0.2) is 33.7 Å². The van der Waals surface area contributed by atoms with Crippen molar-refractivity contribution < 1.29 is 23.4 Å². The number of guanidine groups is 1. The first kappa shape index (κ1) is 24.6. The van der Waals surface area contributed by atoms with E-state index in [0.29, 0.717) is 47.7 Å². The average molecular weight is 517 g/mol. The van der Waals surface area contributed by atoms with Gasteiger partial charge in [-0.15, -0.1) is 24.0 Å². The largest absolute Gasteiger partial charge is 0.493 e. The number of methoxy groups -OCH3 is 2. The predicted octanol–water partition coefficient (Wildman–Crippen LogP) is 3.98. The van der Waals surface area contributed by atoms with Crippen LogP contribution in [0.4, 0.5) is 5.69 Å². The Morgan fingerprint density at radius 1 is 1.17 bits per heavy atom. The number of nitrogens with one attached hydrogen (secondary N) is 2. The molecule has 0 spiro atoms. The molecular weight excluding hydrogens is 489 g/mol. The van der Waals surface area contributed by atoms with Gasteiger partial charge in [-0.3, -0.25) is 0 Å². The molecule has 29 heavy (non-hydrogen) atoms. The zero-order chi connectivity index (χ0) is 20.5. The summed E-state index contributed by atoms with van der Waals surface area (Å²) in [6.45, 7) is 7.10. The molecule has 2 aromatic rings. The van der Waals surface area contributed by atoms with E-state index in [1.54, 1.807) is 20.1 Å². The fraction of sp³-hybridized carbons (Fsp3) is 0.400. The summed E-state index contributed by atoms with van der Waals surface area (Å²) in [6, 6.07) is 7.20. The third-order valence-electron chi connectivity index (χ3n) is 3.84. The fourth-order valence-corrected chi connectivity index (χ4v) is 2.56. The third kappa shape index (κ3) is 6.84. The first-order chi connectivity index (χ1) is 13.5. The topological polar surface area (TPSA) is 94.3 Å². The van der Waals surface area contributed by atoms with Crippen molar-refractivity contribution >= 4 is 41.6 Å². The molecule has 1 aromatic carbocycles. The molecule has 9 heteroatoms. The van der Waals surface area contributed by atoms with Gasteiger partial charge in [-0.25, -0.2) is 9.79 Å². The Balaban J connectivity index is 0.00000420. The lowest BCUT2D eigenvalue weighted by atomic mass is 10.2. The van der Waals surface area contributed by atoms with E-state index in [-0.39, 0.29) is 30.5 Å². The molecule has 0 amide bonds. The lowest BCUT2D eigenvalue weighted by molar-refractivity contribution is 0.0599. The summed E-state index contributed by atoms with van der Waals surface area (Å²) in [5.41, 5.74) is 1.21. The molecule has 1 heterocycles. The number of carbonyl (C=O) groups excluding carboxylic acids is 1. The predicted molar refractivity (Wildman–Crippen MR) is 123 cm³/mol. The van der Waals surface area contributed by atoms with E-state index in [9.17, 15) is 4.79 Å². The van der Waals surface area contributed by atoms with Gasteiger partial charge in [0, 0.05) is 18.3 Å². The van der Waals surface area contributed by atoms with Crippen molar-refractivity contribution in [1.29, 1.82) is 0 Å². The third-order valence-corrected chi connectivity index (χ3v) is 3.84. The molecule has 0 aliphatic carbocycles. The zero-order valence-corrected chi connectivity index (χ0v) is 19.7. The van der Waals surface area contributed by atoms with Crippen molar-refractivity contribution in [2.45, 2.75) is 27.3 Å². The maximum Gasteiger partial charge on any atom is 0.341 e. The fourth-order valence-electron chi connectivity index (χ4n) is 2.56. The Kier molecular flexibility index (Phi) is 10.4. The quantitative estimate of drug-likeness (QED) is 0.237. The normalized spacial score (nSPS) is 10.7. The minimum Gasteiger partial charge on any atom is -0.493 e. The Morgan fingerprint density at radius 2 is 1.93 bits per heavy atom. The molecule has 160 valence electrons. The molecule has 0 fully saturated rings. The number of anilines is 1. The number of hydrogen-bond donors (Lipinski definition) is 2. The summed E-state index contributed by atoms with van der Waals surface area (Å²) in [5.74, 6) is 2.53. The summed E-state index contributed by atoms with van der Waals surface area (Å²) in [4.78, 5) is 16.2. The molecule has 1 aromatic heterocycles. The number of furan rings is 1. The van der Waals surface area contributed by atoms with Crippen LogP contribution in [0.5, 0.6) is 11.5 Å². The van der Waals surface area contributed by atoms with Crippen LogP contribution < -0.4 is 20.1 Å². The molecule has 0 aliphatic rings. The number of ether oxygens (including phenoxy) is 3. The van der Waals surface area contributed by atoms with Gasteiger partial charge in [-0.1, -0.05) is 0 Å². The number of halogens is 1. The smallest absolute Gasteiger partial charge is 0.341 e. The highest BCUT2D eigenvalue weighted by Crippen LogP contribution is 2.30. The number of nitrogens with zero attached hydrogens (tertiary/aromatic N) is 1. The van der Waals surface area contributed by atoms with Crippen molar-refractivity contribution in [3.8, 4) is 11.5 Å². The lowest BCUT2D eigenvalue weighted by Crippen LogP contribution is -2.30. The Hall–Kier alpha value is -2.43. The number of carbonyl (C=O) groups is 1. The highest BCUT2D eigenvalue weighted by molar-refractivity contribution is 14.0. The molecule has 2 N–H and O–H groups in total. The second-order valence-corrected chi connectivity index (χ2v) is 5.79. The Morgan fingerprint density at radius 3 is 2.55 bits per heavy atom. The van der Waals surface area contributed by atoms with Crippen molar-refractivity contribution in [2.75, 3.05) is 32.7 Å².